The van der Waals surface area contributed by atoms with Crippen LogP contribution in [0.1, 0.15) is 41.6 Å². The Labute approximate surface area is 160 Å². The molecule has 1 aliphatic rings. The molecule has 1 N–H and O–H groups in total. The van der Waals surface area contributed by atoms with Gasteiger partial charge in [-0.05, 0) is 81.0 Å². The number of thioether (sulfide) groups is 1. The molecule has 1 aliphatic heterocycles. The van der Waals surface area contributed by atoms with Crippen LogP contribution in [0.15, 0.2) is 35.5 Å². The smallest absolute Gasteiger partial charge is 0.0736 e. The van der Waals surface area contributed by atoms with E-state index in [-0.39, 0.29) is 0 Å². The summed E-state index contributed by atoms with van der Waals surface area (Å²) in [6, 6.07) is 9.06. The molecule has 0 bridgehead atoms. The Morgan fingerprint density at radius 2 is 1.73 bits per heavy atom. The molecule has 0 amide bonds. The fourth-order valence-corrected chi connectivity index (χ4v) is 4.57. The Kier molecular flexibility index (Phi) is 4.94. The molecule has 1 saturated heterocycles. The van der Waals surface area contributed by atoms with E-state index in [1.165, 1.54) is 70.7 Å². The third-order valence-electron chi connectivity index (χ3n) is 5.41. The van der Waals surface area contributed by atoms with Gasteiger partial charge in [-0.3, -0.25) is 4.98 Å². The number of hydrogen-bond acceptors (Lipinski definition) is 3. The molecule has 26 heavy (non-hydrogen) atoms. The summed E-state index contributed by atoms with van der Waals surface area (Å²) in [7, 11) is 0. The molecule has 0 radical (unpaired) electrons. The average Bonchev–Trinajstić information content (AvgIpc) is 3.04. The molecular formula is C22H27N3S. The van der Waals surface area contributed by atoms with E-state index < -0.39 is 0 Å². The highest BCUT2D eigenvalue weighted by Gasteiger charge is 2.14. The van der Waals surface area contributed by atoms with Crippen LogP contribution in [0.5, 0.6) is 0 Å². The second kappa shape index (κ2) is 7.36. The van der Waals surface area contributed by atoms with Gasteiger partial charge in [-0.2, -0.15) is 0 Å². The van der Waals surface area contributed by atoms with Gasteiger partial charge in [0.05, 0.1) is 10.7 Å². The SMILES string of the molecule is Cc1cc2cc(SCc3cc(N4CCCCC4)c(C)cn3)[nH]c2cc1C. The average molecular weight is 366 g/mol. The second-order valence-corrected chi connectivity index (χ2v) is 8.47. The molecule has 136 valence electrons. The Balaban J connectivity index is 1.51. The summed E-state index contributed by atoms with van der Waals surface area (Å²) in [5, 5.41) is 2.51. The van der Waals surface area contributed by atoms with Gasteiger partial charge in [0.15, 0.2) is 0 Å². The maximum atomic E-state index is 4.67. The summed E-state index contributed by atoms with van der Waals surface area (Å²) in [5.41, 5.74) is 7.73. The molecule has 4 rings (SSSR count). The van der Waals surface area contributed by atoms with Gasteiger partial charge in [0.2, 0.25) is 0 Å². The van der Waals surface area contributed by atoms with Crippen molar-refractivity contribution in [2.75, 3.05) is 18.0 Å². The van der Waals surface area contributed by atoms with E-state index >= 15 is 0 Å². The highest BCUT2D eigenvalue weighted by Crippen LogP contribution is 2.29. The summed E-state index contributed by atoms with van der Waals surface area (Å²) in [4.78, 5) is 10.7. The minimum Gasteiger partial charge on any atom is -0.371 e. The lowest BCUT2D eigenvalue weighted by molar-refractivity contribution is 0.576. The number of aryl methyl sites for hydroxylation is 3. The van der Waals surface area contributed by atoms with Gasteiger partial charge in [0.1, 0.15) is 0 Å². The lowest BCUT2D eigenvalue weighted by Crippen LogP contribution is -2.30. The molecule has 0 atom stereocenters. The van der Waals surface area contributed by atoms with E-state index in [2.05, 4.69) is 59.9 Å². The fourth-order valence-electron chi connectivity index (χ4n) is 3.71. The zero-order chi connectivity index (χ0) is 18.1. The number of hydrogen-bond donors (Lipinski definition) is 1. The predicted octanol–water partition coefficient (Wildman–Crippen LogP) is 5.77. The highest BCUT2D eigenvalue weighted by atomic mass is 32.2. The van der Waals surface area contributed by atoms with Crippen molar-refractivity contribution in [3.8, 4) is 0 Å². The van der Waals surface area contributed by atoms with Crippen LogP contribution in [0, 0.1) is 20.8 Å². The summed E-state index contributed by atoms with van der Waals surface area (Å²) >= 11 is 1.84. The molecule has 0 unspecified atom stereocenters. The van der Waals surface area contributed by atoms with Crippen LogP contribution in [0.2, 0.25) is 0 Å². The van der Waals surface area contributed by atoms with Crippen molar-refractivity contribution in [1.82, 2.24) is 9.97 Å². The number of pyridine rings is 1. The Hall–Kier alpha value is -1.94. The van der Waals surface area contributed by atoms with Crippen molar-refractivity contribution in [1.29, 1.82) is 0 Å². The summed E-state index contributed by atoms with van der Waals surface area (Å²) in [6.45, 7) is 8.88. The standard InChI is InChI=1S/C22H27N3S/c1-15-9-18-11-22(24-20(18)10-16(15)2)26-14-19-12-21(17(3)13-23-19)25-7-5-4-6-8-25/h9-13,24H,4-8,14H2,1-3H3. The minimum atomic E-state index is 0.895. The molecule has 3 aromatic rings. The zero-order valence-electron chi connectivity index (χ0n) is 15.9. The Morgan fingerprint density at radius 3 is 2.54 bits per heavy atom. The topological polar surface area (TPSA) is 31.9 Å². The molecule has 0 aliphatic carbocycles. The van der Waals surface area contributed by atoms with E-state index in [0.717, 1.165) is 11.4 Å². The van der Waals surface area contributed by atoms with Crippen LogP contribution in [0.25, 0.3) is 10.9 Å². The van der Waals surface area contributed by atoms with E-state index in [0.29, 0.717) is 0 Å². The predicted molar refractivity (Wildman–Crippen MR) is 112 cm³/mol. The van der Waals surface area contributed by atoms with Crippen molar-refractivity contribution < 1.29 is 0 Å². The number of nitrogens with zero attached hydrogens (tertiary/aromatic N) is 2. The molecular weight excluding hydrogens is 338 g/mol. The van der Waals surface area contributed by atoms with Crippen molar-refractivity contribution in [2.45, 2.75) is 50.8 Å². The number of rotatable bonds is 4. The minimum absolute atomic E-state index is 0.895. The van der Waals surface area contributed by atoms with Crippen LogP contribution in [-0.2, 0) is 5.75 Å². The highest BCUT2D eigenvalue weighted by molar-refractivity contribution is 7.98. The monoisotopic (exact) mass is 365 g/mol. The molecule has 0 saturated carbocycles. The van der Waals surface area contributed by atoms with Crippen LogP contribution < -0.4 is 4.90 Å². The number of anilines is 1. The number of fused-ring (bicyclic) bond motifs is 1. The van der Waals surface area contributed by atoms with Gasteiger partial charge in [-0.15, -0.1) is 11.8 Å². The maximum Gasteiger partial charge on any atom is 0.0736 e. The van der Waals surface area contributed by atoms with Crippen molar-refractivity contribution in [3.05, 3.63) is 52.8 Å². The van der Waals surface area contributed by atoms with Gasteiger partial charge < -0.3 is 9.88 Å². The first-order valence-electron chi connectivity index (χ1n) is 9.53. The van der Waals surface area contributed by atoms with Gasteiger partial charge in [-0.25, -0.2) is 0 Å². The van der Waals surface area contributed by atoms with Gasteiger partial charge in [0.25, 0.3) is 0 Å². The first-order chi connectivity index (χ1) is 12.6. The number of H-pyrrole nitrogens is 1. The number of nitrogens with one attached hydrogen (secondary N) is 1. The molecule has 3 nitrogen and oxygen atoms in total. The third-order valence-corrected chi connectivity index (χ3v) is 6.39. The lowest BCUT2D eigenvalue weighted by atomic mass is 10.1. The molecule has 1 aromatic carbocycles. The molecule has 0 spiro atoms. The first kappa shape index (κ1) is 17.5. The molecule has 2 aromatic heterocycles. The lowest BCUT2D eigenvalue weighted by Gasteiger charge is -2.30. The largest absolute Gasteiger partial charge is 0.371 e. The van der Waals surface area contributed by atoms with E-state index in [9.17, 15) is 0 Å². The van der Waals surface area contributed by atoms with Crippen LogP contribution >= 0.6 is 11.8 Å². The summed E-state index contributed by atoms with van der Waals surface area (Å²) in [5.74, 6) is 0.895. The number of aromatic amines is 1. The van der Waals surface area contributed by atoms with Gasteiger partial charge in [-0.1, -0.05) is 0 Å². The van der Waals surface area contributed by atoms with Crippen LogP contribution in [-0.4, -0.2) is 23.1 Å². The van der Waals surface area contributed by atoms with Crippen LogP contribution in [0.3, 0.4) is 0 Å². The zero-order valence-corrected chi connectivity index (χ0v) is 16.7. The Morgan fingerprint density at radius 1 is 0.962 bits per heavy atom. The van der Waals surface area contributed by atoms with Crippen molar-refractivity contribution in [3.63, 3.8) is 0 Å². The summed E-state index contributed by atoms with van der Waals surface area (Å²) in [6.07, 6.45) is 6.01. The van der Waals surface area contributed by atoms with Crippen molar-refractivity contribution in [2.24, 2.45) is 0 Å². The maximum absolute atomic E-state index is 4.67. The van der Waals surface area contributed by atoms with E-state index in [4.69, 9.17) is 0 Å². The number of benzene rings is 1. The van der Waals surface area contributed by atoms with E-state index in [1.54, 1.807) is 0 Å². The molecule has 4 heteroatoms. The molecule has 1 fully saturated rings. The van der Waals surface area contributed by atoms with Crippen molar-refractivity contribution >= 4 is 28.4 Å². The van der Waals surface area contributed by atoms with E-state index in [1.807, 2.05) is 18.0 Å². The first-order valence-corrected chi connectivity index (χ1v) is 10.5. The quantitative estimate of drug-likeness (QED) is 0.596. The number of piperidine rings is 1. The third kappa shape index (κ3) is 3.61. The van der Waals surface area contributed by atoms with Gasteiger partial charge in [0, 0.05) is 41.6 Å². The summed E-state index contributed by atoms with van der Waals surface area (Å²) < 4.78 is 0. The Bertz CT molecular complexity index is 884. The fraction of sp³-hybridized carbons (Fsp3) is 0.409. The second-order valence-electron chi connectivity index (χ2n) is 7.46. The van der Waals surface area contributed by atoms with Gasteiger partial charge >= 0.3 is 0 Å². The normalized spacial score (nSPS) is 15.0. The number of aromatic nitrogens is 2. The van der Waals surface area contributed by atoms with Crippen LogP contribution in [0.4, 0.5) is 5.69 Å². The molecule has 3 heterocycles.